The number of hydrogen-bond acceptors (Lipinski definition) is 6. The van der Waals surface area contributed by atoms with Gasteiger partial charge in [-0.15, -0.1) is 0 Å². The van der Waals surface area contributed by atoms with Gasteiger partial charge in [-0.25, -0.2) is 4.72 Å². The minimum atomic E-state index is -3.98. The number of hydrogen-bond donors (Lipinski definition) is 2. The highest BCUT2D eigenvalue weighted by Crippen LogP contribution is 2.67. The second kappa shape index (κ2) is 11.1. The third kappa shape index (κ3) is 4.83. The van der Waals surface area contributed by atoms with Crippen molar-refractivity contribution in [2.24, 2.45) is 5.41 Å². The summed E-state index contributed by atoms with van der Waals surface area (Å²) in [5.74, 6) is 0.621. The Kier molecular flexibility index (Phi) is 7.27. The van der Waals surface area contributed by atoms with Crippen LogP contribution < -0.4 is 9.46 Å². The summed E-state index contributed by atoms with van der Waals surface area (Å²) in [4.78, 5) is 30.4. The van der Waals surface area contributed by atoms with Gasteiger partial charge in [0, 0.05) is 60.7 Å². The van der Waals surface area contributed by atoms with Gasteiger partial charge in [0.2, 0.25) is 5.91 Å². The fourth-order valence-corrected chi connectivity index (χ4v) is 9.96. The largest absolute Gasteiger partial charge is 0.497 e. The Balaban J connectivity index is 1.32. The molecule has 8 rings (SSSR count). The number of nitrogens with zero attached hydrogens (tertiary/aromatic N) is 3. The minimum Gasteiger partial charge on any atom is -0.497 e. The van der Waals surface area contributed by atoms with Gasteiger partial charge in [-0.1, -0.05) is 25.3 Å². The van der Waals surface area contributed by atoms with Crippen molar-refractivity contribution in [2.75, 3.05) is 21.2 Å². The van der Waals surface area contributed by atoms with Crippen molar-refractivity contribution in [3.8, 4) is 17.0 Å². The van der Waals surface area contributed by atoms with E-state index in [4.69, 9.17) is 4.74 Å². The molecule has 4 atom stereocenters. The van der Waals surface area contributed by atoms with E-state index in [1.165, 1.54) is 26.1 Å². The molecule has 2 amide bonds. The Morgan fingerprint density at radius 3 is 2.40 bits per heavy atom. The molecule has 2 saturated heterocycles. The number of amides is 2. The van der Waals surface area contributed by atoms with Crippen molar-refractivity contribution in [3.63, 3.8) is 0 Å². The van der Waals surface area contributed by atoms with Crippen LogP contribution in [0.25, 0.3) is 22.2 Å². The summed E-state index contributed by atoms with van der Waals surface area (Å²) in [6.07, 6.45) is 9.17. The number of benzene rings is 2. The van der Waals surface area contributed by atoms with Gasteiger partial charge in [0.25, 0.3) is 5.91 Å². The van der Waals surface area contributed by atoms with Crippen molar-refractivity contribution in [1.29, 1.82) is 0 Å². The normalized spacial score (nSPS) is 28.4. The molecule has 11 heteroatoms. The van der Waals surface area contributed by atoms with Crippen molar-refractivity contribution in [1.82, 2.24) is 18.5 Å². The lowest BCUT2D eigenvalue weighted by molar-refractivity contribution is -0.144. The number of fused-ring (bicyclic) bond motifs is 9. The number of aromatic nitrogens is 1. The van der Waals surface area contributed by atoms with Crippen LogP contribution in [0.3, 0.4) is 0 Å². The number of ether oxygens (including phenoxy) is 1. The SMILES string of the molecule is COc1ccc2c(c1)[C@@H]1C[C@]1(C(=O)N1C3CCC1CC(O)C3)Cn1c-2c(C2CCCCC2)c2ccc(C(=O)NS(=O)(=O)N(C)C)cc21. The number of rotatable bonds is 6. The van der Waals surface area contributed by atoms with Gasteiger partial charge < -0.3 is 19.3 Å². The van der Waals surface area contributed by atoms with Gasteiger partial charge in [0.1, 0.15) is 5.75 Å². The first-order chi connectivity index (χ1) is 22.5. The molecule has 4 fully saturated rings. The lowest BCUT2D eigenvalue weighted by atomic mass is 9.81. The highest BCUT2D eigenvalue weighted by atomic mass is 32.2. The molecule has 2 unspecified atom stereocenters. The number of aliphatic hydroxyl groups excluding tert-OH is 1. The monoisotopic (exact) mass is 660 g/mol. The van der Waals surface area contributed by atoms with Crippen molar-refractivity contribution in [3.05, 3.63) is 53.1 Å². The fraction of sp³-hybridized carbons (Fsp3) is 0.556. The predicted octanol–water partition coefficient (Wildman–Crippen LogP) is 4.90. The maximum Gasteiger partial charge on any atom is 0.303 e. The van der Waals surface area contributed by atoms with E-state index in [1.807, 2.05) is 18.2 Å². The Morgan fingerprint density at radius 1 is 1.00 bits per heavy atom. The Bertz CT molecular complexity index is 1880. The zero-order chi connectivity index (χ0) is 32.8. The van der Waals surface area contributed by atoms with E-state index < -0.39 is 21.5 Å². The molecule has 10 nitrogen and oxygen atoms in total. The molecule has 2 aromatic carbocycles. The first kappa shape index (κ1) is 30.9. The average Bonchev–Trinajstić information content (AvgIpc) is 3.64. The van der Waals surface area contributed by atoms with Gasteiger partial charge in [0.15, 0.2) is 0 Å². The molecule has 1 aromatic heterocycles. The predicted molar refractivity (Wildman–Crippen MR) is 179 cm³/mol. The summed E-state index contributed by atoms with van der Waals surface area (Å²) in [5, 5.41) is 11.6. The lowest BCUT2D eigenvalue weighted by Gasteiger charge is -2.39. The number of carbonyl (C=O) groups is 2. The lowest BCUT2D eigenvalue weighted by Crippen LogP contribution is -2.51. The van der Waals surface area contributed by atoms with Gasteiger partial charge in [0.05, 0.1) is 24.3 Å². The van der Waals surface area contributed by atoms with E-state index in [-0.39, 0.29) is 35.6 Å². The van der Waals surface area contributed by atoms with Crippen LogP contribution in [0.2, 0.25) is 0 Å². The molecular formula is C36H44N4O6S. The highest BCUT2D eigenvalue weighted by molar-refractivity contribution is 7.87. The molecule has 47 heavy (non-hydrogen) atoms. The van der Waals surface area contributed by atoms with E-state index >= 15 is 0 Å². The molecule has 2 saturated carbocycles. The minimum absolute atomic E-state index is 0.0252. The smallest absolute Gasteiger partial charge is 0.303 e. The van der Waals surface area contributed by atoms with Crippen molar-refractivity contribution >= 4 is 32.9 Å². The topological polar surface area (TPSA) is 121 Å². The maximum absolute atomic E-state index is 14.9. The van der Waals surface area contributed by atoms with Gasteiger partial charge in [-0.2, -0.15) is 12.7 Å². The van der Waals surface area contributed by atoms with E-state index in [0.717, 1.165) is 82.7 Å². The molecule has 0 spiro atoms. The summed E-state index contributed by atoms with van der Waals surface area (Å²) in [5.41, 5.74) is 5.08. The molecule has 2 N–H and O–H groups in total. The van der Waals surface area contributed by atoms with Gasteiger partial charge in [-0.3, -0.25) is 9.59 Å². The van der Waals surface area contributed by atoms with E-state index in [2.05, 4.69) is 26.3 Å². The summed E-state index contributed by atoms with van der Waals surface area (Å²) < 4.78 is 36.3. The van der Waals surface area contributed by atoms with E-state index in [1.54, 1.807) is 13.2 Å². The molecular weight excluding hydrogens is 616 g/mol. The molecule has 4 heterocycles. The van der Waals surface area contributed by atoms with Crippen LogP contribution in [0.4, 0.5) is 0 Å². The van der Waals surface area contributed by atoms with Crippen LogP contribution in [-0.4, -0.2) is 78.5 Å². The number of aliphatic hydroxyl groups is 1. The second-order valence-electron chi connectivity index (χ2n) is 14.7. The third-order valence-corrected chi connectivity index (χ3v) is 13.3. The van der Waals surface area contributed by atoms with Crippen LogP contribution in [0.15, 0.2) is 36.4 Å². The van der Waals surface area contributed by atoms with Crippen molar-refractivity contribution in [2.45, 2.75) is 101 Å². The van der Waals surface area contributed by atoms with E-state index in [9.17, 15) is 23.1 Å². The average molecular weight is 661 g/mol. The quantitative estimate of drug-likeness (QED) is 0.388. The molecule has 0 radical (unpaired) electrons. The number of methoxy groups -OCH3 is 1. The highest BCUT2D eigenvalue weighted by Gasteiger charge is 2.65. The molecule has 250 valence electrons. The second-order valence-corrected chi connectivity index (χ2v) is 16.6. The van der Waals surface area contributed by atoms with Crippen LogP contribution in [0, 0.1) is 5.41 Å². The summed E-state index contributed by atoms with van der Waals surface area (Å²) in [6, 6.07) is 11.9. The zero-order valence-corrected chi connectivity index (χ0v) is 28.2. The fourth-order valence-electron chi connectivity index (χ4n) is 9.43. The molecule has 2 bridgehead atoms. The molecule has 3 aliphatic heterocycles. The van der Waals surface area contributed by atoms with E-state index in [0.29, 0.717) is 25.3 Å². The Morgan fingerprint density at radius 2 is 1.72 bits per heavy atom. The van der Waals surface area contributed by atoms with Crippen LogP contribution >= 0.6 is 0 Å². The Hall–Kier alpha value is -3.41. The zero-order valence-electron chi connectivity index (χ0n) is 27.4. The number of piperidine rings is 1. The van der Waals surface area contributed by atoms with Gasteiger partial charge >= 0.3 is 10.2 Å². The summed E-state index contributed by atoms with van der Waals surface area (Å²) >= 11 is 0. The molecule has 5 aliphatic rings. The van der Waals surface area contributed by atoms with Crippen LogP contribution in [0.1, 0.15) is 97.5 Å². The first-order valence-electron chi connectivity index (χ1n) is 17.1. The molecule has 2 aliphatic carbocycles. The Labute approximate surface area is 276 Å². The summed E-state index contributed by atoms with van der Waals surface area (Å²) in [7, 11) is 0.460. The number of carbonyl (C=O) groups excluding carboxylic acids is 2. The third-order valence-electron chi connectivity index (χ3n) is 11.9. The standard InChI is InChI=1S/C36H44N4O6S/c1-38(2)47(44,45)37-34(42)22-9-13-28-31(15-22)39-20-36(35(43)40-23-10-11-24(40)17-25(41)16-23)19-30(36)29-18-26(46-3)12-14-27(29)33(39)32(28)21-7-5-4-6-8-21/h9,12-15,18,21,23-25,30,41H,4-8,10-11,16-17,19-20H2,1-3H3,(H,37,42)/t23?,24?,25?,30-,36-/m0/s1. The maximum atomic E-state index is 14.9. The summed E-state index contributed by atoms with van der Waals surface area (Å²) in [6.45, 7) is 0.478. The number of nitrogens with one attached hydrogen (secondary N) is 1. The van der Waals surface area contributed by atoms with Crippen LogP contribution in [-0.2, 0) is 21.5 Å². The van der Waals surface area contributed by atoms with Crippen LogP contribution in [0.5, 0.6) is 5.75 Å². The molecule has 3 aromatic rings. The van der Waals surface area contributed by atoms with Gasteiger partial charge in [-0.05, 0) is 92.3 Å². The first-order valence-corrected chi connectivity index (χ1v) is 18.6. The van der Waals surface area contributed by atoms with Crippen molar-refractivity contribution < 1.29 is 27.9 Å².